The van der Waals surface area contributed by atoms with E-state index in [0.717, 1.165) is 11.1 Å². The second-order valence-electron chi connectivity index (χ2n) is 7.70. The van der Waals surface area contributed by atoms with Gasteiger partial charge < -0.3 is 33.2 Å². The van der Waals surface area contributed by atoms with Gasteiger partial charge in [0.25, 0.3) is 0 Å². The molecule has 0 aliphatic carbocycles. The van der Waals surface area contributed by atoms with E-state index in [-0.39, 0.29) is 31.9 Å². The van der Waals surface area contributed by atoms with E-state index in [9.17, 15) is 4.79 Å². The van der Waals surface area contributed by atoms with Crippen LogP contribution in [0, 0.1) is 0 Å². The molecule has 0 atom stereocenters. The lowest BCUT2D eigenvalue weighted by atomic mass is 10.00. The molecule has 1 aliphatic rings. The van der Waals surface area contributed by atoms with E-state index in [1.165, 1.54) is 14.2 Å². The van der Waals surface area contributed by atoms with Gasteiger partial charge in [-0.1, -0.05) is 23.8 Å². The van der Waals surface area contributed by atoms with E-state index in [1.54, 1.807) is 31.4 Å². The average molecular weight is 471 g/mol. The highest BCUT2D eigenvalue weighted by Gasteiger charge is 2.35. The van der Waals surface area contributed by atoms with Crippen molar-refractivity contribution in [1.82, 2.24) is 0 Å². The number of ether oxygens (including phenoxy) is 7. The molecular formula is C26H30O8. The molecule has 0 amide bonds. The number of hydrogen-bond donors (Lipinski definition) is 0. The van der Waals surface area contributed by atoms with Gasteiger partial charge in [0.15, 0.2) is 26.1 Å². The zero-order valence-electron chi connectivity index (χ0n) is 20.1. The van der Waals surface area contributed by atoms with Crippen LogP contribution in [0.2, 0.25) is 0 Å². The fraction of sp³-hybridized carbons (Fsp3) is 0.346. The van der Waals surface area contributed by atoms with Crippen LogP contribution in [0.4, 0.5) is 0 Å². The maximum atomic E-state index is 13.4. The zero-order valence-corrected chi connectivity index (χ0v) is 20.1. The Labute approximate surface area is 199 Å². The molecule has 2 aromatic rings. The number of Topliss-reactive ketones (excluding diaryl/α,β-unsaturated/α-hetero) is 1. The van der Waals surface area contributed by atoms with Crippen LogP contribution in [0.15, 0.2) is 47.7 Å². The van der Waals surface area contributed by atoms with Crippen molar-refractivity contribution in [3.63, 3.8) is 0 Å². The Morgan fingerprint density at radius 1 is 0.912 bits per heavy atom. The largest absolute Gasteiger partial charge is 0.468 e. The van der Waals surface area contributed by atoms with Gasteiger partial charge >= 0.3 is 0 Å². The number of ketones is 1. The number of hydrogen-bond acceptors (Lipinski definition) is 8. The molecule has 1 aliphatic heterocycles. The summed E-state index contributed by atoms with van der Waals surface area (Å²) < 4.78 is 38.1. The van der Waals surface area contributed by atoms with Crippen LogP contribution in [-0.2, 0) is 20.6 Å². The molecule has 1 heterocycles. The first kappa shape index (κ1) is 25.3. The van der Waals surface area contributed by atoms with Gasteiger partial charge in [-0.15, -0.1) is 0 Å². The van der Waals surface area contributed by atoms with Crippen molar-refractivity contribution in [3.05, 3.63) is 64.4 Å². The summed E-state index contributed by atoms with van der Waals surface area (Å²) >= 11 is 0. The van der Waals surface area contributed by atoms with Crippen LogP contribution in [0.25, 0.3) is 6.08 Å². The maximum absolute atomic E-state index is 13.4. The predicted octanol–water partition coefficient (Wildman–Crippen LogP) is 4.76. The molecule has 0 bridgehead atoms. The van der Waals surface area contributed by atoms with Crippen molar-refractivity contribution in [3.8, 4) is 23.0 Å². The van der Waals surface area contributed by atoms with Gasteiger partial charge in [-0.2, -0.15) is 0 Å². The zero-order chi connectivity index (χ0) is 24.5. The van der Waals surface area contributed by atoms with Gasteiger partial charge in [-0.05, 0) is 44.0 Å². The molecule has 3 rings (SSSR count). The predicted molar refractivity (Wildman–Crippen MR) is 126 cm³/mol. The Balaban J connectivity index is 2.00. The van der Waals surface area contributed by atoms with Crippen molar-refractivity contribution >= 4 is 11.9 Å². The molecule has 8 heteroatoms. The number of benzene rings is 2. The van der Waals surface area contributed by atoms with E-state index < -0.39 is 0 Å². The normalized spacial score (nSPS) is 13.4. The van der Waals surface area contributed by atoms with Gasteiger partial charge in [-0.3, -0.25) is 4.79 Å². The monoisotopic (exact) mass is 470 g/mol. The Bertz CT molecular complexity index is 1050. The summed E-state index contributed by atoms with van der Waals surface area (Å²) in [4.78, 5) is 13.4. The molecule has 0 spiro atoms. The van der Waals surface area contributed by atoms with Crippen LogP contribution >= 0.6 is 0 Å². The van der Waals surface area contributed by atoms with E-state index in [1.807, 2.05) is 32.1 Å². The van der Waals surface area contributed by atoms with Gasteiger partial charge in [0.05, 0.1) is 0 Å². The molecule has 0 fully saturated rings. The minimum absolute atomic E-state index is 0.0305. The van der Waals surface area contributed by atoms with Crippen molar-refractivity contribution < 1.29 is 38.0 Å². The van der Waals surface area contributed by atoms with Gasteiger partial charge in [0.2, 0.25) is 5.78 Å². The lowest BCUT2D eigenvalue weighted by Gasteiger charge is -2.17. The summed E-state index contributed by atoms with van der Waals surface area (Å²) in [7, 11) is 4.61. The van der Waals surface area contributed by atoms with E-state index in [2.05, 4.69) is 0 Å². The third-order valence-electron chi connectivity index (χ3n) is 4.87. The number of rotatable bonds is 12. The van der Waals surface area contributed by atoms with E-state index >= 15 is 0 Å². The number of allylic oxidation sites excluding steroid dienone is 3. The second-order valence-corrected chi connectivity index (χ2v) is 7.70. The highest BCUT2D eigenvalue weighted by Crippen LogP contribution is 2.45. The minimum atomic E-state index is -0.280. The summed E-state index contributed by atoms with van der Waals surface area (Å²) in [6.45, 7) is 4.17. The minimum Gasteiger partial charge on any atom is -0.468 e. The molecule has 0 saturated heterocycles. The lowest BCUT2D eigenvalue weighted by molar-refractivity contribution is 0.0444. The third kappa shape index (κ3) is 6.17. The SMILES string of the molecule is COCOc1ccc(/C=C2\Oc3cc(OCOC)c(CC=C(C)C)c(OCOC)c3C2=O)cc1. The smallest absolute Gasteiger partial charge is 0.235 e. The van der Waals surface area contributed by atoms with E-state index in [0.29, 0.717) is 40.5 Å². The molecule has 0 radical (unpaired) electrons. The van der Waals surface area contributed by atoms with Crippen molar-refractivity contribution in [2.24, 2.45) is 0 Å². The highest BCUT2D eigenvalue weighted by atomic mass is 16.7. The molecule has 0 unspecified atom stereocenters. The molecule has 0 aromatic heterocycles. The van der Waals surface area contributed by atoms with Crippen LogP contribution in [0.5, 0.6) is 23.0 Å². The first-order chi connectivity index (χ1) is 16.5. The Morgan fingerprint density at radius 3 is 2.21 bits per heavy atom. The number of fused-ring (bicyclic) bond motifs is 1. The second kappa shape index (κ2) is 12.2. The first-order valence-electron chi connectivity index (χ1n) is 10.7. The standard InChI is InChI=1S/C26H30O8/c1-17(2)6-11-20-21(32-15-29-4)13-22-24(26(20)33-16-30-5)25(27)23(34-22)12-18-7-9-19(10-8-18)31-14-28-3/h6-10,12-13H,11,14-16H2,1-5H3/b23-12-. The van der Waals surface area contributed by atoms with Crippen LogP contribution in [0.1, 0.15) is 35.3 Å². The molecule has 0 N–H and O–H groups in total. The number of methoxy groups -OCH3 is 3. The average Bonchev–Trinajstić information content (AvgIpc) is 3.14. The topological polar surface area (TPSA) is 81.7 Å². The van der Waals surface area contributed by atoms with Crippen molar-refractivity contribution in [2.75, 3.05) is 41.7 Å². The third-order valence-corrected chi connectivity index (χ3v) is 4.87. The Hall–Kier alpha value is -3.33. The fourth-order valence-electron chi connectivity index (χ4n) is 3.30. The quantitative estimate of drug-likeness (QED) is 0.250. The van der Waals surface area contributed by atoms with Gasteiger partial charge in [0, 0.05) is 33.0 Å². The van der Waals surface area contributed by atoms with Crippen LogP contribution in [-0.4, -0.2) is 47.5 Å². The molecule has 34 heavy (non-hydrogen) atoms. The lowest BCUT2D eigenvalue weighted by Crippen LogP contribution is -2.09. The molecule has 8 nitrogen and oxygen atoms in total. The summed E-state index contributed by atoms with van der Waals surface area (Å²) in [5, 5.41) is 0. The molecular weight excluding hydrogens is 440 g/mol. The number of carbonyl (C=O) groups is 1. The summed E-state index contributed by atoms with van der Waals surface area (Å²) in [5.41, 5.74) is 2.95. The number of carbonyl (C=O) groups excluding carboxylic acids is 1. The molecule has 0 saturated carbocycles. The highest BCUT2D eigenvalue weighted by molar-refractivity contribution is 6.16. The van der Waals surface area contributed by atoms with Gasteiger partial charge in [0.1, 0.15) is 28.6 Å². The van der Waals surface area contributed by atoms with E-state index in [4.69, 9.17) is 33.2 Å². The van der Waals surface area contributed by atoms with Gasteiger partial charge in [-0.25, -0.2) is 0 Å². The maximum Gasteiger partial charge on any atom is 0.235 e. The molecule has 2 aromatic carbocycles. The molecule has 182 valence electrons. The Morgan fingerprint density at radius 2 is 1.56 bits per heavy atom. The fourth-order valence-corrected chi connectivity index (χ4v) is 3.30. The van der Waals surface area contributed by atoms with Crippen molar-refractivity contribution in [2.45, 2.75) is 20.3 Å². The van der Waals surface area contributed by atoms with Crippen LogP contribution < -0.4 is 18.9 Å². The van der Waals surface area contributed by atoms with Crippen LogP contribution in [0.3, 0.4) is 0 Å². The Kier molecular flexibility index (Phi) is 9.09. The first-order valence-corrected chi connectivity index (χ1v) is 10.7. The summed E-state index contributed by atoms with van der Waals surface area (Å²) in [6, 6.07) is 8.93. The van der Waals surface area contributed by atoms with Crippen molar-refractivity contribution in [1.29, 1.82) is 0 Å². The summed E-state index contributed by atoms with van der Waals surface area (Å²) in [5.74, 6) is 1.80. The summed E-state index contributed by atoms with van der Waals surface area (Å²) in [6.07, 6.45) is 4.21.